The van der Waals surface area contributed by atoms with Gasteiger partial charge in [-0.05, 0) is 19.4 Å². The molecule has 0 radical (unpaired) electrons. The summed E-state index contributed by atoms with van der Waals surface area (Å²) in [5.74, 6) is -0.574. The molecule has 0 aliphatic rings. The topological polar surface area (TPSA) is 64.4 Å². The summed E-state index contributed by atoms with van der Waals surface area (Å²) in [6.45, 7) is 4.07. The number of halogens is 1. The molecule has 0 aliphatic carbocycles. The van der Waals surface area contributed by atoms with E-state index in [9.17, 15) is 9.90 Å². The molecule has 5 nitrogen and oxygen atoms in total. The lowest BCUT2D eigenvalue weighted by molar-refractivity contribution is 0.0697. The molecule has 114 valence electrons. The van der Waals surface area contributed by atoms with Crippen LogP contribution in [0.25, 0.3) is 0 Å². The smallest absolute Gasteiger partial charge is 0.349 e. The number of nitrogens with zero attached hydrogens (tertiary/aromatic N) is 2. The maximum Gasteiger partial charge on any atom is 0.349 e. The van der Waals surface area contributed by atoms with Crippen molar-refractivity contribution in [2.75, 3.05) is 0 Å². The van der Waals surface area contributed by atoms with Crippen molar-refractivity contribution in [1.29, 1.82) is 0 Å². The monoisotopic (exact) mass is 328 g/mol. The Morgan fingerprint density at radius 3 is 2.81 bits per heavy atom. The Kier molecular flexibility index (Phi) is 4.90. The third-order valence-corrected chi connectivity index (χ3v) is 4.72. The predicted molar refractivity (Wildman–Crippen MR) is 82.6 cm³/mol. The molecule has 1 N–H and O–H groups in total. The first-order chi connectivity index (χ1) is 9.93. The van der Waals surface area contributed by atoms with E-state index in [2.05, 4.69) is 12.0 Å². The minimum Gasteiger partial charge on any atom is -0.485 e. The predicted octanol–water partition coefficient (Wildman–Crippen LogP) is 3.67. The van der Waals surface area contributed by atoms with Gasteiger partial charge in [0.15, 0.2) is 4.88 Å². The number of hydrogen-bond acceptors (Lipinski definition) is 4. The zero-order valence-corrected chi connectivity index (χ0v) is 13.7. The van der Waals surface area contributed by atoms with Crippen molar-refractivity contribution in [3.63, 3.8) is 0 Å². The van der Waals surface area contributed by atoms with Gasteiger partial charge in [0.1, 0.15) is 12.4 Å². The fraction of sp³-hybridized carbons (Fsp3) is 0.429. The van der Waals surface area contributed by atoms with Gasteiger partial charge in [-0.1, -0.05) is 24.9 Å². The summed E-state index contributed by atoms with van der Waals surface area (Å²) in [4.78, 5) is 12.5. The summed E-state index contributed by atoms with van der Waals surface area (Å²) in [5, 5.41) is 14.0. The van der Waals surface area contributed by atoms with Crippen LogP contribution >= 0.6 is 22.9 Å². The largest absolute Gasteiger partial charge is 0.485 e. The number of carbonyl (C=O) groups is 1. The van der Waals surface area contributed by atoms with Crippen LogP contribution in [0.4, 0.5) is 0 Å². The van der Waals surface area contributed by atoms with Gasteiger partial charge in [0.25, 0.3) is 0 Å². The van der Waals surface area contributed by atoms with Crippen LogP contribution in [0.1, 0.15) is 39.3 Å². The number of aryl methyl sites for hydroxylation is 3. The summed E-state index contributed by atoms with van der Waals surface area (Å²) in [6.07, 6.45) is 1.81. The molecule has 0 amide bonds. The summed E-state index contributed by atoms with van der Waals surface area (Å²) in [6, 6.07) is 1.80. The Morgan fingerprint density at radius 2 is 2.29 bits per heavy atom. The summed E-state index contributed by atoms with van der Waals surface area (Å²) >= 11 is 7.42. The second kappa shape index (κ2) is 6.49. The zero-order chi connectivity index (χ0) is 15.6. The molecule has 2 rings (SSSR count). The number of ether oxygens (including phenoxy) is 1. The Bertz CT molecular complexity index is 663. The Morgan fingerprint density at radius 1 is 1.57 bits per heavy atom. The molecule has 0 aliphatic heterocycles. The highest BCUT2D eigenvalue weighted by atomic mass is 35.5. The molecule has 2 aromatic rings. The quantitative estimate of drug-likeness (QED) is 0.878. The number of carboxylic acids is 1. The van der Waals surface area contributed by atoms with Crippen molar-refractivity contribution in [2.45, 2.75) is 33.3 Å². The van der Waals surface area contributed by atoms with Gasteiger partial charge in [-0.3, -0.25) is 4.68 Å². The molecule has 0 aromatic carbocycles. The van der Waals surface area contributed by atoms with Crippen LogP contribution < -0.4 is 4.74 Å². The average molecular weight is 329 g/mol. The number of hydrogen-bond donors (Lipinski definition) is 1. The first kappa shape index (κ1) is 15.9. The van der Waals surface area contributed by atoms with Gasteiger partial charge in [-0.25, -0.2) is 4.79 Å². The van der Waals surface area contributed by atoms with E-state index in [-0.39, 0.29) is 11.5 Å². The average Bonchev–Trinajstić information content (AvgIpc) is 2.91. The Balaban J connectivity index is 2.21. The van der Waals surface area contributed by atoms with Crippen LogP contribution in [0.15, 0.2) is 6.07 Å². The third-order valence-electron chi connectivity index (χ3n) is 3.07. The van der Waals surface area contributed by atoms with Crippen molar-refractivity contribution in [3.8, 4) is 5.75 Å². The number of carboxylic acid groups (broad SMARTS) is 1. The van der Waals surface area contributed by atoms with E-state index >= 15 is 0 Å². The summed E-state index contributed by atoms with van der Waals surface area (Å²) in [7, 11) is 1.78. The molecule has 0 bridgehead atoms. The van der Waals surface area contributed by atoms with Crippen molar-refractivity contribution in [2.24, 2.45) is 7.05 Å². The van der Waals surface area contributed by atoms with E-state index in [1.54, 1.807) is 17.8 Å². The highest BCUT2D eigenvalue weighted by molar-refractivity contribution is 7.14. The molecular formula is C14H17ClN2O3S. The first-order valence-corrected chi connectivity index (χ1v) is 7.80. The van der Waals surface area contributed by atoms with Crippen molar-refractivity contribution < 1.29 is 14.6 Å². The molecule has 21 heavy (non-hydrogen) atoms. The standard InChI is InChI=1S/C14H17ClN2O3S/c1-4-5-9-6-11(13(21-9)14(18)19)20-7-10-12(15)8(2)16-17(10)3/h6H,4-5,7H2,1-3H3,(H,18,19). The van der Waals surface area contributed by atoms with Crippen molar-refractivity contribution in [3.05, 3.63) is 32.2 Å². The second-order valence-electron chi connectivity index (χ2n) is 4.72. The molecular weight excluding hydrogens is 312 g/mol. The van der Waals surface area contributed by atoms with Gasteiger partial charge in [-0.15, -0.1) is 11.3 Å². The van der Waals surface area contributed by atoms with Crippen molar-refractivity contribution in [1.82, 2.24) is 9.78 Å². The molecule has 0 unspecified atom stereocenters. The van der Waals surface area contributed by atoms with E-state index in [0.717, 1.165) is 29.1 Å². The maximum atomic E-state index is 11.3. The maximum absolute atomic E-state index is 11.3. The fourth-order valence-electron chi connectivity index (χ4n) is 2.03. The van der Waals surface area contributed by atoms with Crippen LogP contribution in [0.3, 0.4) is 0 Å². The Labute approximate surface area is 132 Å². The molecule has 0 atom stereocenters. The van der Waals surface area contributed by atoms with E-state index in [1.807, 2.05) is 6.92 Å². The lowest BCUT2D eigenvalue weighted by atomic mass is 10.3. The van der Waals surface area contributed by atoms with Gasteiger partial charge in [0.2, 0.25) is 0 Å². The fourth-order valence-corrected chi connectivity index (χ4v) is 3.29. The molecule has 0 fully saturated rings. The number of rotatable bonds is 6. The van der Waals surface area contributed by atoms with E-state index in [0.29, 0.717) is 10.8 Å². The van der Waals surface area contributed by atoms with Crippen LogP contribution in [-0.4, -0.2) is 20.9 Å². The second-order valence-corrected chi connectivity index (χ2v) is 6.23. The lowest BCUT2D eigenvalue weighted by Gasteiger charge is -2.06. The molecule has 0 saturated carbocycles. The van der Waals surface area contributed by atoms with Crippen LogP contribution in [0.2, 0.25) is 5.02 Å². The van der Waals surface area contributed by atoms with Gasteiger partial charge in [-0.2, -0.15) is 5.10 Å². The van der Waals surface area contributed by atoms with Crippen LogP contribution in [-0.2, 0) is 20.1 Å². The molecule has 0 spiro atoms. The molecule has 2 aromatic heterocycles. The molecule has 7 heteroatoms. The van der Waals surface area contributed by atoms with Crippen LogP contribution in [0.5, 0.6) is 5.75 Å². The van der Waals surface area contributed by atoms with E-state index in [1.165, 1.54) is 11.3 Å². The first-order valence-electron chi connectivity index (χ1n) is 6.60. The summed E-state index contributed by atoms with van der Waals surface area (Å²) in [5.41, 5.74) is 1.46. The van der Waals surface area contributed by atoms with E-state index < -0.39 is 5.97 Å². The van der Waals surface area contributed by atoms with Gasteiger partial charge >= 0.3 is 5.97 Å². The minimum absolute atomic E-state index is 0.193. The van der Waals surface area contributed by atoms with Gasteiger partial charge in [0.05, 0.1) is 16.4 Å². The zero-order valence-electron chi connectivity index (χ0n) is 12.1. The van der Waals surface area contributed by atoms with Crippen LogP contribution in [0, 0.1) is 6.92 Å². The lowest BCUT2D eigenvalue weighted by Crippen LogP contribution is -2.05. The molecule has 2 heterocycles. The van der Waals surface area contributed by atoms with Gasteiger partial charge in [0, 0.05) is 11.9 Å². The highest BCUT2D eigenvalue weighted by Crippen LogP contribution is 2.31. The SMILES string of the molecule is CCCc1cc(OCc2c(Cl)c(C)nn2C)c(C(=O)O)s1. The van der Waals surface area contributed by atoms with Gasteiger partial charge < -0.3 is 9.84 Å². The number of thiophene rings is 1. The minimum atomic E-state index is -0.968. The Hall–Kier alpha value is -1.53. The molecule has 0 saturated heterocycles. The highest BCUT2D eigenvalue weighted by Gasteiger charge is 2.18. The normalized spacial score (nSPS) is 10.9. The third kappa shape index (κ3) is 3.39. The summed E-state index contributed by atoms with van der Waals surface area (Å²) < 4.78 is 7.32. The number of aromatic carboxylic acids is 1. The van der Waals surface area contributed by atoms with E-state index in [4.69, 9.17) is 16.3 Å². The van der Waals surface area contributed by atoms with Crippen molar-refractivity contribution >= 4 is 28.9 Å². The number of aromatic nitrogens is 2.